The van der Waals surface area contributed by atoms with Gasteiger partial charge in [0, 0.05) is 6.54 Å². The fraction of sp³-hybridized carbons (Fsp3) is 0.417. The van der Waals surface area contributed by atoms with E-state index in [0.29, 0.717) is 0 Å². The number of nitrogens with zero attached hydrogens (tertiary/aromatic N) is 2. The Kier molecular flexibility index (Phi) is 4.52. The van der Waals surface area contributed by atoms with E-state index in [0.717, 1.165) is 18.2 Å². The van der Waals surface area contributed by atoms with Crippen LogP contribution < -0.4 is 5.59 Å². The third-order valence-corrected chi connectivity index (χ3v) is 3.14. The number of carbonyl (C=O) groups is 2. The summed E-state index contributed by atoms with van der Waals surface area (Å²) in [6.45, 7) is 0.220. The summed E-state index contributed by atoms with van der Waals surface area (Å²) in [5.41, 5.74) is -1.67. The predicted molar refractivity (Wildman–Crippen MR) is 68.9 cm³/mol. The van der Waals surface area contributed by atoms with E-state index >= 15 is 0 Å². The Morgan fingerprint density at radius 1 is 1.50 bits per heavy atom. The molecule has 10 heteroatoms. The molecule has 1 aliphatic heterocycles. The highest BCUT2D eigenvalue weighted by Gasteiger charge is 2.39. The van der Waals surface area contributed by atoms with Gasteiger partial charge in [0.2, 0.25) is 0 Å². The molecule has 0 aliphatic carbocycles. The monoisotopic (exact) mass is 316 g/mol. The average molecular weight is 316 g/mol. The number of halogens is 3. The minimum absolute atomic E-state index is 0.0810. The Morgan fingerprint density at radius 3 is 2.73 bits per heavy atom. The number of likely N-dealkylation sites (N-methyl/N-ethyl adjacent to an activating group) is 1. The minimum atomic E-state index is -4.68. The van der Waals surface area contributed by atoms with E-state index in [4.69, 9.17) is 0 Å². The summed E-state index contributed by atoms with van der Waals surface area (Å²) in [6.07, 6.45) is -4.68. The average Bonchev–Trinajstić information content (AvgIpc) is 2.77. The van der Waals surface area contributed by atoms with Crippen molar-refractivity contribution in [3.05, 3.63) is 23.9 Å². The second-order valence-electron chi connectivity index (χ2n) is 4.95. The van der Waals surface area contributed by atoms with Crippen molar-refractivity contribution in [2.75, 3.05) is 20.1 Å². The standard InChI is InChI=1S/C12H12BF3N2O4/c1-18-5-7(8(19)6-18)11(20)22-13(21)10-4-2-3-9(17-10)12(14,15)16/h2-4,7,21H,5-6H2,1H3. The molecule has 1 saturated heterocycles. The highest BCUT2D eigenvalue weighted by molar-refractivity contribution is 6.60. The molecule has 1 aromatic heterocycles. The Hall–Kier alpha value is -1.94. The fourth-order valence-electron chi connectivity index (χ4n) is 2.06. The van der Waals surface area contributed by atoms with Gasteiger partial charge in [-0.25, -0.2) is 0 Å². The van der Waals surface area contributed by atoms with Gasteiger partial charge in [0.15, 0.2) is 5.78 Å². The molecule has 0 spiro atoms. The lowest BCUT2D eigenvalue weighted by atomic mass is 9.84. The van der Waals surface area contributed by atoms with Gasteiger partial charge in [-0.15, -0.1) is 0 Å². The van der Waals surface area contributed by atoms with Crippen LogP contribution in [0.15, 0.2) is 18.2 Å². The zero-order valence-electron chi connectivity index (χ0n) is 11.5. The molecule has 0 saturated carbocycles. The SMILES string of the molecule is CN1CC(=O)C(C(=O)OB(O)c2cccc(C(F)(F)F)n2)C1. The van der Waals surface area contributed by atoms with Crippen molar-refractivity contribution in [3.8, 4) is 0 Å². The highest BCUT2D eigenvalue weighted by Crippen LogP contribution is 2.26. The van der Waals surface area contributed by atoms with Gasteiger partial charge >= 0.3 is 19.3 Å². The Balaban J connectivity index is 2.08. The molecule has 1 aliphatic rings. The molecule has 6 nitrogen and oxygen atoms in total. The molecule has 22 heavy (non-hydrogen) atoms. The smallest absolute Gasteiger partial charge is 0.504 e. The first kappa shape index (κ1) is 16.4. The number of alkyl halides is 3. The molecule has 0 aromatic carbocycles. The summed E-state index contributed by atoms with van der Waals surface area (Å²) in [5.74, 6) is -2.40. The van der Waals surface area contributed by atoms with E-state index < -0.39 is 36.5 Å². The van der Waals surface area contributed by atoms with Crippen LogP contribution in [0.4, 0.5) is 13.2 Å². The van der Waals surface area contributed by atoms with E-state index in [2.05, 4.69) is 9.64 Å². The molecule has 1 unspecified atom stereocenters. The Labute approximate surface area is 124 Å². The number of carbonyl (C=O) groups excluding carboxylic acids is 2. The third kappa shape index (κ3) is 3.63. The summed E-state index contributed by atoms with van der Waals surface area (Å²) in [7, 11) is -0.329. The fourth-order valence-corrected chi connectivity index (χ4v) is 2.06. The molecular formula is C12H12BF3N2O4. The van der Waals surface area contributed by atoms with Crippen LogP contribution >= 0.6 is 0 Å². The first-order valence-corrected chi connectivity index (χ1v) is 6.32. The number of likely N-dealkylation sites (tertiary alicyclic amines) is 1. The van der Waals surface area contributed by atoms with Crippen LogP contribution in [0, 0.1) is 5.92 Å². The molecule has 1 aromatic rings. The summed E-state index contributed by atoms with van der Waals surface area (Å²) in [5, 5.41) is 9.70. The first-order chi connectivity index (χ1) is 10.2. The quantitative estimate of drug-likeness (QED) is 0.596. The Bertz CT molecular complexity index is 596. The van der Waals surface area contributed by atoms with Crippen molar-refractivity contribution in [1.29, 1.82) is 0 Å². The van der Waals surface area contributed by atoms with Crippen LogP contribution in [0.1, 0.15) is 5.69 Å². The summed E-state index contributed by atoms with van der Waals surface area (Å²) in [4.78, 5) is 28.1. The zero-order chi connectivity index (χ0) is 16.5. The van der Waals surface area contributed by atoms with Gasteiger partial charge in [0.05, 0.1) is 12.1 Å². The maximum absolute atomic E-state index is 12.5. The number of Topliss-reactive ketones (excluding diaryl/α,β-unsaturated/α-hetero) is 1. The Morgan fingerprint density at radius 2 is 2.18 bits per heavy atom. The van der Waals surface area contributed by atoms with Gasteiger partial charge in [-0.1, -0.05) is 6.07 Å². The van der Waals surface area contributed by atoms with E-state index in [9.17, 15) is 27.8 Å². The number of pyridine rings is 1. The molecule has 0 radical (unpaired) electrons. The largest absolute Gasteiger partial charge is 0.581 e. The van der Waals surface area contributed by atoms with Gasteiger partial charge in [0.25, 0.3) is 0 Å². The number of rotatable bonds is 3. The van der Waals surface area contributed by atoms with Gasteiger partial charge < -0.3 is 9.68 Å². The lowest BCUT2D eigenvalue weighted by Gasteiger charge is -2.13. The van der Waals surface area contributed by atoms with Crippen molar-refractivity contribution in [2.24, 2.45) is 5.92 Å². The lowest BCUT2D eigenvalue weighted by Crippen LogP contribution is -2.41. The van der Waals surface area contributed by atoms with Crippen molar-refractivity contribution in [2.45, 2.75) is 6.18 Å². The van der Waals surface area contributed by atoms with Crippen molar-refractivity contribution < 1.29 is 32.4 Å². The van der Waals surface area contributed by atoms with E-state index in [1.165, 1.54) is 0 Å². The van der Waals surface area contributed by atoms with Gasteiger partial charge in [-0.2, -0.15) is 13.2 Å². The third-order valence-electron chi connectivity index (χ3n) is 3.14. The van der Waals surface area contributed by atoms with Crippen LogP contribution in [0.3, 0.4) is 0 Å². The molecule has 1 N–H and O–H groups in total. The zero-order valence-corrected chi connectivity index (χ0v) is 11.5. The van der Waals surface area contributed by atoms with Crippen LogP contribution in [0.5, 0.6) is 0 Å². The van der Waals surface area contributed by atoms with Gasteiger partial charge in [0.1, 0.15) is 11.6 Å². The number of hydrogen-bond acceptors (Lipinski definition) is 6. The predicted octanol–water partition coefficient (Wildman–Crippen LogP) is -0.538. The second kappa shape index (κ2) is 6.05. The number of aromatic nitrogens is 1. The minimum Gasteiger partial charge on any atom is -0.504 e. The molecular weight excluding hydrogens is 304 g/mol. The summed E-state index contributed by atoms with van der Waals surface area (Å²) in [6, 6.07) is 2.86. The van der Waals surface area contributed by atoms with Crippen molar-refractivity contribution in [3.63, 3.8) is 0 Å². The molecule has 1 fully saturated rings. The van der Waals surface area contributed by atoms with Crippen LogP contribution in [0.25, 0.3) is 0 Å². The lowest BCUT2D eigenvalue weighted by molar-refractivity contribution is -0.143. The molecule has 2 heterocycles. The summed E-state index contributed by atoms with van der Waals surface area (Å²) >= 11 is 0. The first-order valence-electron chi connectivity index (χ1n) is 6.32. The summed E-state index contributed by atoms with van der Waals surface area (Å²) < 4.78 is 42.2. The highest BCUT2D eigenvalue weighted by atomic mass is 19.4. The number of hydrogen-bond donors (Lipinski definition) is 1. The molecule has 2 rings (SSSR count). The van der Waals surface area contributed by atoms with Crippen LogP contribution in [-0.4, -0.2) is 53.9 Å². The van der Waals surface area contributed by atoms with E-state index in [1.54, 1.807) is 11.9 Å². The molecule has 1 atom stereocenters. The molecule has 0 amide bonds. The maximum atomic E-state index is 12.5. The maximum Gasteiger partial charge on any atom is 0.581 e. The topological polar surface area (TPSA) is 79.7 Å². The molecule has 0 bridgehead atoms. The van der Waals surface area contributed by atoms with Crippen LogP contribution in [-0.2, 0) is 20.4 Å². The normalized spacial score (nSPS) is 19.3. The number of ketones is 1. The van der Waals surface area contributed by atoms with E-state index in [-0.39, 0.29) is 18.9 Å². The van der Waals surface area contributed by atoms with Crippen LogP contribution in [0.2, 0.25) is 0 Å². The van der Waals surface area contributed by atoms with Crippen molar-refractivity contribution >= 4 is 24.5 Å². The van der Waals surface area contributed by atoms with Crippen molar-refractivity contribution in [1.82, 2.24) is 9.88 Å². The second-order valence-corrected chi connectivity index (χ2v) is 4.95. The van der Waals surface area contributed by atoms with Gasteiger partial charge in [-0.05, 0) is 19.2 Å². The molecule has 118 valence electrons. The van der Waals surface area contributed by atoms with E-state index in [1.807, 2.05) is 0 Å². The van der Waals surface area contributed by atoms with Gasteiger partial charge in [-0.3, -0.25) is 19.5 Å².